The van der Waals surface area contributed by atoms with Crippen molar-refractivity contribution in [2.45, 2.75) is 47.9 Å². The third-order valence-corrected chi connectivity index (χ3v) is 3.89. The second kappa shape index (κ2) is 7.23. The van der Waals surface area contributed by atoms with Gasteiger partial charge in [-0.25, -0.2) is 0 Å². The van der Waals surface area contributed by atoms with Crippen molar-refractivity contribution < 1.29 is 79.0 Å². The van der Waals surface area contributed by atoms with Crippen LogP contribution in [0.2, 0.25) is 0 Å². The van der Waals surface area contributed by atoms with Crippen LogP contribution in [-0.4, -0.2) is 36.0 Å². The van der Waals surface area contributed by atoms with Gasteiger partial charge in [0.15, 0.2) is 0 Å². The highest BCUT2D eigenvalue weighted by molar-refractivity contribution is 5.38. The summed E-state index contributed by atoms with van der Waals surface area (Å²) in [6.07, 6.45) is -14.9. The van der Waals surface area contributed by atoms with Gasteiger partial charge in [-0.3, -0.25) is 0 Å². The molecule has 0 aliphatic heterocycles. The fraction of sp³-hybridized carbons (Fsp3) is 0.571. The van der Waals surface area contributed by atoms with Gasteiger partial charge < -0.3 is 0 Å². The van der Waals surface area contributed by atoms with Gasteiger partial charge >= 0.3 is 47.9 Å². The molecule has 0 spiro atoms. The van der Waals surface area contributed by atoms with Crippen LogP contribution in [0.3, 0.4) is 0 Å². The Morgan fingerprint density at radius 3 is 0.750 bits per heavy atom. The molecule has 186 valence electrons. The van der Waals surface area contributed by atoms with E-state index in [1.165, 1.54) is 0 Å². The van der Waals surface area contributed by atoms with E-state index in [1.54, 1.807) is 0 Å². The molecule has 0 saturated heterocycles. The topological polar surface area (TPSA) is 0 Å². The first-order valence-electron chi connectivity index (χ1n) is 7.23. The maximum atomic E-state index is 14.0. The standard InChI is InChI=1S/C14H4F18/c15-7(16,9(19,20)11(23,24)13(27,28)29)5-3-1-2-4-6(5)8(17,18)10(21,22)12(25,26)14(30,31)32/h1-4H. The first-order valence-corrected chi connectivity index (χ1v) is 7.23. The molecule has 0 aliphatic rings. The fourth-order valence-electron chi connectivity index (χ4n) is 2.12. The summed E-state index contributed by atoms with van der Waals surface area (Å²) in [6.45, 7) is 0. The second-order valence-corrected chi connectivity index (χ2v) is 5.99. The molecule has 0 saturated carbocycles. The van der Waals surface area contributed by atoms with Crippen molar-refractivity contribution in [3.8, 4) is 0 Å². The van der Waals surface area contributed by atoms with Crippen LogP contribution in [0.25, 0.3) is 0 Å². The van der Waals surface area contributed by atoms with Crippen LogP contribution in [0.1, 0.15) is 11.1 Å². The Labute approximate surface area is 163 Å². The molecule has 1 rings (SSSR count). The lowest BCUT2D eigenvalue weighted by Gasteiger charge is -2.37. The summed E-state index contributed by atoms with van der Waals surface area (Å²) >= 11 is 0. The largest absolute Gasteiger partial charge is 0.460 e. The molecule has 0 aliphatic carbocycles. The molecule has 0 amide bonds. The maximum absolute atomic E-state index is 14.0. The third-order valence-electron chi connectivity index (χ3n) is 3.89. The monoisotopic (exact) mass is 514 g/mol. The van der Waals surface area contributed by atoms with E-state index in [9.17, 15) is 79.0 Å². The highest BCUT2D eigenvalue weighted by Gasteiger charge is 2.85. The van der Waals surface area contributed by atoms with Crippen molar-refractivity contribution >= 4 is 0 Å². The zero-order valence-electron chi connectivity index (χ0n) is 14.1. The van der Waals surface area contributed by atoms with Crippen LogP contribution in [0.4, 0.5) is 79.0 Å². The fourth-order valence-corrected chi connectivity index (χ4v) is 2.12. The normalized spacial score (nSPS) is 15.8. The molecule has 0 heterocycles. The summed E-state index contributed by atoms with van der Waals surface area (Å²) in [7, 11) is 0. The maximum Gasteiger partial charge on any atom is 0.460 e. The predicted octanol–water partition coefficient (Wildman–Crippen LogP) is 7.54. The van der Waals surface area contributed by atoms with Gasteiger partial charge in [0.25, 0.3) is 0 Å². The minimum absolute atomic E-state index is 0.0787. The van der Waals surface area contributed by atoms with Crippen molar-refractivity contribution in [2.24, 2.45) is 0 Å². The van der Waals surface area contributed by atoms with Crippen LogP contribution >= 0.6 is 0 Å². The Bertz CT molecular complexity index is 758. The molecule has 0 nitrogen and oxygen atoms in total. The van der Waals surface area contributed by atoms with Gasteiger partial charge in [0.05, 0.1) is 0 Å². The molecule has 0 atom stereocenters. The van der Waals surface area contributed by atoms with Crippen molar-refractivity contribution in [1.29, 1.82) is 0 Å². The Kier molecular flexibility index (Phi) is 6.32. The van der Waals surface area contributed by atoms with Gasteiger partial charge in [-0.15, -0.1) is 0 Å². The quantitative estimate of drug-likeness (QED) is 0.345. The zero-order chi connectivity index (χ0) is 26.0. The second-order valence-electron chi connectivity index (χ2n) is 5.99. The van der Waals surface area contributed by atoms with E-state index in [0.717, 1.165) is 0 Å². The zero-order valence-corrected chi connectivity index (χ0v) is 14.1. The van der Waals surface area contributed by atoms with E-state index in [2.05, 4.69) is 0 Å². The van der Waals surface area contributed by atoms with Crippen molar-refractivity contribution in [3.63, 3.8) is 0 Å². The summed E-state index contributed by atoms with van der Waals surface area (Å²) in [5, 5.41) is 0. The summed E-state index contributed by atoms with van der Waals surface area (Å²) < 4.78 is 234. The molecule has 0 bridgehead atoms. The molecule has 0 aromatic heterocycles. The number of rotatable bonds is 6. The van der Waals surface area contributed by atoms with Crippen molar-refractivity contribution in [3.05, 3.63) is 35.4 Å². The lowest BCUT2D eigenvalue weighted by atomic mass is 9.87. The number of halogens is 18. The van der Waals surface area contributed by atoms with E-state index in [-0.39, 0.29) is 12.1 Å². The van der Waals surface area contributed by atoms with Crippen LogP contribution < -0.4 is 0 Å². The number of alkyl halides is 18. The minimum atomic E-state index is -7.70. The van der Waals surface area contributed by atoms with Crippen molar-refractivity contribution in [1.82, 2.24) is 0 Å². The highest BCUT2D eigenvalue weighted by Crippen LogP contribution is 2.61. The van der Waals surface area contributed by atoms with Gasteiger partial charge in [0, 0.05) is 11.1 Å². The van der Waals surface area contributed by atoms with E-state index >= 15 is 0 Å². The summed E-state index contributed by atoms with van der Waals surface area (Å²) in [5.74, 6) is -45.1. The molecular weight excluding hydrogens is 510 g/mol. The third kappa shape index (κ3) is 3.62. The van der Waals surface area contributed by atoms with Gasteiger partial charge in [-0.1, -0.05) is 24.3 Å². The van der Waals surface area contributed by atoms with Crippen LogP contribution in [0.15, 0.2) is 24.3 Å². The van der Waals surface area contributed by atoms with E-state index in [1.807, 2.05) is 0 Å². The Morgan fingerprint density at radius 1 is 0.344 bits per heavy atom. The minimum Gasteiger partial charge on any atom is -0.194 e. The van der Waals surface area contributed by atoms with Gasteiger partial charge in [-0.2, -0.15) is 79.0 Å². The van der Waals surface area contributed by atoms with E-state index in [4.69, 9.17) is 0 Å². The number of benzene rings is 1. The summed E-state index contributed by atoms with van der Waals surface area (Å²) in [6, 6.07) is -1.87. The van der Waals surface area contributed by atoms with Crippen LogP contribution in [0, 0.1) is 0 Å². The van der Waals surface area contributed by atoms with Gasteiger partial charge in [0.2, 0.25) is 0 Å². The molecule has 1 aromatic rings. The Balaban J connectivity index is 3.87. The SMILES string of the molecule is FC(F)(F)C(F)(F)C(F)(F)C(F)(F)c1ccccc1C(F)(F)C(F)(F)C(F)(F)C(F)(F)F. The first kappa shape index (κ1) is 28.0. The molecule has 0 N–H and O–H groups in total. The Morgan fingerprint density at radius 2 is 0.562 bits per heavy atom. The smallest absolute Gasteiger partial charge is 0.194 e. The molecule has 1 aromatic carbocycles. The molecule has 0 fully saturated rings. The average molecular weight is 514 g/mol. The first-order chi connectivity index (χ1) is 13.7. The molecule has 0 unspecified atom stereocenters. The van der Waals surface area contributed by atoms with Crippen LogP contribution in [-0.2, 0) is 11.8 Å². The van der Waals surface area contributed by atoms with Crippen molar-refractivity contribution in [2.75, 3.05) is 0 Å². The molecule has 32 heavy (non-hydrogen) atoms. The molecule has 0 radical (unpaired) electrons. The lowest BCUT2D eigenvalue weighted by molar-refractivity contribution is -0.404. The average Bonchev–Trinajstić information content (AvgIpc) is 2.59. The summed E-state index contributed by atoms with van der Waals surface area (Å²) in [5.41, 5.74) is -6.98. The van der Waals surface area contributed by atoms with E-state index in [0.29, 0.717) is 0 Å². The number of hydrogen-bond donors (Lipinski definition) is 0. The highest BCUT2D eigenvalue weighted by atomic mass is 19.4. The van der Waals surface area contributed by atoms with Gasteiger partial charge in [0.1, 0.15) is 0 Å². The Hall–Kier alpha value is -2.04. The summed E-state index contributed by atoms with van der Waals surface area (Å²) in [4.78, 5) is 0. The number of hydrogen-bond acceptors (Lipinski definition) is 0. The van der Waals surface area contributed by atoms with Gasteiger partial charge in [-0.05, 0) is 0 Å². The molecular formula is C14H4F18. The van der Waals surface area contributed by atoms with E-state index < -0.39 is 71.1 Å². The molecule has 18 heteroatoms. The lowest BCUT2D eigenvalue weighted by Crippen LogP contribution is -2.61. The predicted molar refractivity (Wildman–Crippen MR) is 66.1 cm³/mol. The van der Waals surface area contributed by atoms with Crippen LogP contribution in [0.5, 0.6) is 0 Å².